The summed E-state index contributed by atoms with van der Waals surface area (Å²) >= 11 is 0. The van der Waals surface area contributed by atoms with E-state index in [-0.39, 0.29) is 12.5 Å². The van der Waals surface area contributed by atoms with Crippen molar-refractivity contribution >= 4 is 11.9 Å². The van der Waals surface area contributed by atoms with Gasteiger partial charge in [-0.2, -0.15) is 0 Å². The molecule has 0 aromatic carbocycles. The Balaban J connectivity index is 2.51. The van der Waals surface area contributed by atoms with Crippen LogP contribution >= 0.6 is 0 Å². The average Bonchev–Trinajstić information content (AvgIpc) is 2.28. The van der Waals surface area contributed by atoms with Gasteiger partial charge in [0.15, 0.2) is 0 Å². The van der Waals surface area contributed by atoms with E-state index in [1.165, 1.54) is 0 Å². The monoisotopic (exact) mass is 201 g/mol. The molecule has 0 aromatic heterocycles. The molecule has 1 aliphatic rings. The van der Waals surface area contributed by atoms with Crippen LogP contribution in [-0.4, -0.2) is 34.2 Å². The van der Waals surface area contributed by atoms with Crippen LogP contribution in [0.25, 0.3) is 0 Å². The summed E-state index contributed by atoms with van der Waals surface area (Å²) in [6, 6.07) is -0.780. The van der Waals surface area contributed by atoms with Gasteiger partial charge in [-0.3, -0.25) is 9.59 Å². The number of carboxylic acids is 2. The van der Waals surface area contributed by atoms with Crippen LogP contribution < -0.4 is 5.32 Å². The molecule has 5 nitrogen and oxygen atoms in total. The fraction of sp³-hybridized carbons (Fsp3) is 0.778. The molecule has 3 N–H and O–H groups in total. The molecular formula is C9H15NO4. The number of hydrogen-bond acceptors (Lipinski definition) is 3. The number of rotatable bonds is 3. The maximum atomic E-state index is 10.7. The van der Waals surface area contributed by atoms with E-state index in [1.54, 1.807) is 0 Å². The maximum Gasteiger partial charge on any atom is 0.320 e. The molecule has 2 unspecified atom stereocenters. The minimum absolute atomic E-state index is 0.00375. The van der Waals surface area contributed by atoms with Crippen LogP contribution in [0.2, 0.25) is 0 Å². The Morgan fingerprint density at radius 3 is 2.43 bits per heavy atom. The summed E-state index contributed by atoms with van der Waals surface area (Å²) in [5.74, 6) is -1.77. The first kappa shape index (κ1) is 11.0. The second-order valence-electron chi connectivity index (χ2n) is 3.64. The van der Waals surface area contributed by atoms with Crippen molar-refractivity contribution in [3.8, 4) is 0 Å². The van der Waals surface area contributed by atoms with Crippen LogP contribution in [0, 0.1) is 0 Å². The normalized spacial score (nSPS) is 28.0. The fourth-order valence-corrected chi connectivity index (χ4v) is 1.76. The first-order valence-corrected chi connectivity index (χ1v) is 4.80. The molecule has 1 rings (SSSR count). The van der Waals surface area contributed by atoms with Gasteiger partial charge < -0.3 is 15.5 Å². The first-order chi connectivity index (χ1) is 6.59. The Bertz CT molecular complexity index is 229. The fourth-order valence-electron chi connectivity index (χ4n) is 1.76. The lowest BCUT2D eigenvalue weighted by atomic mass is 10.1. The van der Waals surface area contributed by atoms with Crippen LogP contribution in [0.5, 0.6) is 0 Å². The van der Waals surface area contributed by atoms with Gasteiger partial charge in [0.05, 0.1) is 6.42 Å². The van der Waals surface area contributed by atoms with Crippen LogP contribution in [0.15, 0.2) is 0 Å². The molecule has 80 valence electrons. The summed E-state index contributed by atoms with van der Waals surface area (Å²) in [6.45, 7) is 0. The van der Waals surface area contributed by atoms with E-state index in [1.807, 2.05) is 0 Å². The van der Waals surface area contributed by atoms with Gasteiger partial charge in [-0.1, -0.05) is 12.8 Å². The Morgan fingerprint density at radius 2 is 1.86 bits per heavy atom. The van der Waals surface area contributed by atoms with Crippen molar-refractivity contribution in [1.29, 1.82) is 0 Å². The van der Waals surface area contributed by atoms with E-state index in [4.69, 9.17) is 10.2 Å². The lowest BCUT2D eigenvalue weighted by molar-refractivity contribution is -0.141. The predicted octanol–water partition coefficient (Wildman–Crippen LogP) is 0.446. The summed E-state index contributed by atoms with van der Waals surface area (Å²) in [5.41, 5.74) is 0. The minimum atomic E-state index is -0.887. The highest BCUT2D eigenvalue weighted by atomic mass is 16.4. The van der Waals surface area contributed by atoms with E-state index >= 15 is 0 Å². The van der Waals surface area contributed by atoms with Crippen molar-refractivity contribution in [3.63, 3.8) is 0 Å². The SMILES string of the molecule is O=C(O)CC1CCCCC(C(=O)O)N1. The number of nitrogens with one attached hydrogen (secondary N) is 1. The number of carbonyl (C=O) groups is 2. The van der Waals surface area contributed by atoms with Crippen LogP contribution in [-0.2, 0) is 9.59 Å². The van der Waals surface area contributed by atoms with Crippen LogP contribution in [0.3, 0.4) is 0 Å². The summed E-state index contributed by atoms with van der Waals surface area (Å²) in [7, 11) is 0. The molecule has 1 saturated heterocycles. The summed E-state index contributed by atoms with van der Waals surface area (Å²) in [5, 5.41) is 20.3. The second-order valence-corrected chi connectivity index (χ2v) is 3.64. The third-order valence-electron chi connectivity index (χ3n) is 2.45. The topological polar surface area (TPSA) is 86.6 Å². The lowest BCUT2D eigenvalue weighted by Gasteiger charge is -2.17. The summed E-state index contributed by atoms with van der Waals surface area (Å²) in [6.07, 6.45) is 3.08. The molecule has 1 aliphatic heterocycles. The summed E-state index contributed by atoms with van der Waals surface area (Å²) < 4.78 is 0. The molecule has 0 bridgehead atoms. The van der Waals surface area contributed by atoms with E-state index < -0.39 is 18.0 Å². The minimum Gasteiger partial charge on any atom is -0.481 e. The molecule has 0 aliphatic carbocycles. The standard InChI is InChI=1S/C9H15NO4/c11-8(12)5-6-3-1-2-4-7(10-6)9(13)14/h6-7,10H,1-5H2,(H,11,12)(H,13,14). The zero-order valence-corrected chi connectivity index (χ0v) is 7.90. The van der Waals surface area contributed by atoms with Gasteiger partial charge in [0.25, 0.3) is 0 Å². The largest absolute Gasteiger partial charge is 0.481 e. The third kappa shape index (κ3) is 3.33. The van der Waals surface area contributed by atoms with Gasteiger partial charge in [0.1, 0.15) is 6.04 Å². The van der Waals surface area contributed by atoms with Crippen molar-refractivity contribution in [2.24, 2.45) is 0 Å². The van der Waals surface area contributed by atoms with Crippen molar-refractivity contribution in [1.82, 2.24) is 5.32 Å². The highest BCUT2D eigenvalue weighted by Crippen LogP contribution is 2.15. The molecule has 14 heavy (non-hydrogen) atoms. The number of carboxylic acid groups (broad SMARTS) is 2. The van der Waals surface area contributed by atoms with Gasteiger partial charge in [-0.15, -0.1) is 0 Å². The molecule has 5 heteroatoms. The molecule has 1 fully saturated rings. The van der Waals surface area contributed by atoms with Crippen molar-refractivity contribution in [3.05, 3.63) is 0 Å². The number of hydrogen-bond donors (Lipinski definition) is 3. The Labute approximate surface area is 82.1 Å². The van der Waals surface area contributed by atoms with E-state index in [9.17, 15) is 9.59 Å². The predicted molar refractivity (Wildman–Crippen MR) is 49.1 cm³/mol. The lowest BCUT2D eigenvalue weighted by Crippen LogP contribution is -2.42. The molecule has 1 heterocycles. The maximum absolute atomic E-state index is 10.7. The molecule has 0 aromatic rings. The molecule has 0 spiro atoms. The summed E-state index contributed by atoms with van der Waals surface area (Å²) in [4.78, 5) is 21.2. The average molecular weight is 201 g/mol. The van der Waals surface area contributed by atoms with E-state index in [0.29, 0.717) is 6.42 Å². The molecule has 0 radical (unpaired) electrons. The molecule has 2 atom stereocenters. The zero-order chi connectivity index (χ0) is 10.6. The smallest absolute Gasteiger partial charge is 0.320 e. The van der Waals surface area contributed by atoms with Crippen LogP contribution in [0.4, 0.5) is 0 Å². The molecule has 0 saturated carbocycles. The highest BCUT2D eigenvalue weighted by Gasteiger charge is 2.25. The number of aliphatic carboxylic acids is 2. The van der Waals surface area contributed by atoms with Gasteiger partial charge in [0.2, 0.25) is 0 Å². The van der Waals surface area contributed by atoms with Gasteiger partial charge in [0, 0.05) is 6.04 Å². The second kappa shape index (κ2) is 4.95. The Morgan fingerprint density at radius 1 is 1.21 bits per heavy atom. The van der Waals surface area contributed by atoms with Crippen molar-refractivity contribution in [2.45, 2.75) is 44.2 Å². The third-order valence-corrected chi connectivity index (χ3v) is 2.45. The van der Waals surface area contributed by atoms with Gasteiger partial charge in [-0.05, 0) is 12.8 Å². The van der Waals surface area contributed by atoms with Crippen molar-refractivity contribution in [2.75, 3.05) is 0 Å². The zero-order valence-electron chi connectivity index (χ0n) is 7.90. The van der Waals surface area contributed by atoms with Gasteiger partial charge >= 0.3 is 11.9 Å². The molecular weight excluding hydrogens is 186 g/mol. The van der Waals surface area contributed by atoms with Gasteiger partial charge in [-0.25, -0.2) is 0 Å². The first-order valence-electron chi connectivity index (χ1n) is 4.80. The van der Waals surface area contributed by atoms with E-state index in [2.05, 4.69) is 5.32 Å². The quantitative estimate of drug-likeness (QED) is 0.617. The van der Waals surface area contributed by atoms with E-state index in [0.717, 1.165) is 19.3 Å². The van der Waals surface area contributed by atoms with Crippen molar-refractivity contribution < 1.29 is 19.8 Å². The van der Waals surface area contributed by atoms with Crippen LogP contribution in [0.1, 0.15) is 32.1 Å². The molecule has 0 amide bonds. The Kier molecular flexibility index (Phi) is 3.88. The highest BCUT2D eigenvalue weighted by molar-refractivity contribution is 5.73. The Hall–Kier alpha value is -1.10.